The highest BCUT2D eigenvalue weighted by atomic mass is 79.9. The minimum Gasteiger partial charge on any atom is -0.481 e. The van der Waals surface area contributed by atoms with Gasteiger partial charge < -0.3 is 9.47 Å². The van der Waals surface area contributed by atoms with E-state index in [-0.39, 0.29) is 11.9 Å². The Morgan fingerprint density at radius 3 is 2.83 bits per heavy atom. The molecule has 2 aromatic rings. The van der Waals surface area contributed by atoms with E-state index in [0.29, 0.717) is 11.6 Å². The van der Waals surface area contributed by atoms with Crippen molar-refractivity contribution in [2.24, 2.45) is 0 Å². The summed E-state index contributed by atoms with van der Waals surface area (Å²) in [4.78, 5) is 20.0. The monoisotopic (exact) mass is 380 g/mol. The van der Waals surface area contributed by atoms with Crippen molar-refractivity contribution >= 4 is 27.8 Å². The van der Waals surface area contributed by atoms with Crippen molar-refractivity contribution in [3.05, 3.63) is 40.5 Å². The quantitative estimate of drug-likeness (QED) is 0.748. The van der Waals surface area contributed by atoms with Crippen LogP contribution in [0.1, 0.15) is 12.5 Å². The average Bonchev–Trinajstić information content (AvgIpc) is 2.55. The lowest BCUT2D eigenvalue weighted by Crippen LogP contribution is -2.40. The van der Waals surface area contributed by atoms with Gasteiger partial charge in [-0.2, -0.15) is 4.98 Å². The van der Waals surface area contributed by atoms with Gasteiger partial charge in [-0.25, -0.2) is 4.98 Å². The molecule has 23 heavy (non-hydrogen) atoms. The summed E-state index contributed by atoms with van der Waals surface area (Å²) < 4.78 is 11.4. The zero-order valence-electron chi connectivity index (χ0n) is 13.0. The predicted octanol–water partition coefficient (Wildman–Crippen LogP) is 2.47. The number of rotatable bonds is 6. The molecule has 1 amide bonds. The summed E-state index contributed by atoms with van der Waals surface area (Å²) in [5, 5.41) is 0. The molecule has 0 saturated carbocycles. The van der Waals surface area contributed by atoms with Crippen LogP contribution in [0, 0.1) is 6.92 Å². The first-order valence-corrected chi connectivity index (χ1v) is 7.64. The Kier molecular flexibility index (Phi) is 5.75. The number of nitrogens with zero attached hydrogens (tertiary/aromatic N) is 2. The summed E-state index contributed by atoms with van der Waals surface area (Å²) in [6, 6.07) is 7.24. The number of carbonyl (C=O) groups excluding carboxylic acids is 1. The summed E-state index contributed by atoms with van der Waals surface area (Å²) in [7, 11) is 1.50. The molecule has 2 N–H and O–H groups in total. The molecule has 1 heterocycles. The van der Waals surface area contributed by atoms with Crippen LogP contribution in [-0.2, 0) is 4.79 Å². The number of benzene rings is 1. The highest BCUT2D eigenvalue weighted by Gasteiger charge is 2.16. The van der Waals surface area contributed by atoms with E-state index in [1.807, 2.05) is 25.1 Å². The van der Waals surface area contributed by atoms with Crippen LogP contribution in [-0.4, -0.2) is 29.1 Å². The first-order chi connectivity index (χ1) is 11.0. The molecule has 0 aliphatic carbocycles. The fraction of sp³-hybridized carbons (Fsp3) is 0.267. The molecule has 0 radical (unpaired) electrons. The minimum atomic E-state index is -0.702. The van der Waals surface area contributed by atoms with Crippen LogP contribution in [0.3, 0.4) is 0 Å². The van der Waals surface area contributed by atoms with Crippen molar-refractivity contribution in [3.8, 4) is 11.6 Å². The Labute approximate surface area is 142 Å². The number of aromatic nitrogens is 2. The summed E-state index contributed by atoms with van der Waals surface area (Å²) in [5.41, 5.74) is 6.20. The molecule has 1 aromatic heterocycles. The highest BCUT2D eigenvalue weighted by Crippen LogP contribution is 2.26. The second kappa shape index (κ2) is 7.77. The molecule has 2 rings (SSSR count). The third-order valence-electron chi connectivity index (χ3n) is 2.90. The minimum absolute atomic E-state index is 0.224. The molecule has 7 nitrogen and oxygen atoms in total. The molecule has 0 bridgehead atoms. The lowest BCUT2D eigenvalue weighted by molar-refractivity contribution is -0.126. The number of carbonyl (C=O) groups is 1. The fourth-order valence-electron chi connectivity index (χ4n) is 1.68. The molecule has 0 spiro atoms. The van der Waals surface area contributed by atoms with Crippen LogP contribution in [0.5, 0.6) is 11.6 Å². The van der Waals surface area contributed by atoms with Gasteiger partial charge in [0.2, 0.25) is 11.8 Å². The predicted molar refractivity (Wildman–Crippen MR) is 89.3 cm³/mol. The van der Waals surface area contributed by atoms with E-state index in [0.717, 1.165) is 10.0 Å². The van der Waals surface area contributed by atoms with Gasteiger partial charge in [-0.3, -0.25) is 15.6 Å². The number of aryl methyl sites for hydroxylation is 1. The summed E-state index contributed by atoms with van der Waals surface area (Å²) >= 11 is 3.41. The third-order valence-corrected chi connectivity index (χ3v) is 3.52. The summed E-state index contributed by atoms with van der Waals surface area (Å²) in [6.07, 6.45) is 0.816. The molecule has 0 aliphatic rings. The molecular formula is C15H17BrN4O3. The normalized spacial score (nSPS) is 11.5. The maximum absolute atomic E-state index is 12.1. The van der Waals surface area contributed by atoms with E-state index in [9.17, 15) is 4.79 Å². The molecular weight excluding hydrogens is 364 g/mol. The Hall–Kier alpha value is -2.35. The number of ether oxygens (including phenoxy) is 2. The Morgan fingerprint density at radius 2 is 2.13 bits per heavy atom. The van der Waals surface area contributed by atoms with Gasteiger partial charge in [0.1, 0.15) is 5.75 Å². The van der Waals surface area contributed by atoms with Gasteiger partial charge in [-0.05, 0) is 47.5 Å². The van der Waals surface area contributed by atoms with Gasteiger partial charge in [-0.1, -0.05) is 6.07 Å². The highest BCUT2D eigenvalue weighted by molar-refractivity contribution is 9.10. The number of methoxy groups -OCH3 is 1. The number of amides is 1. The van der Waals surface area contributed by atoms with Gasteiger partial charge in [0, 0.05) is 12.3 Å². The van der Waals surface area contributed by atoms with E-state index < -0.39 is 6.10 Å². The van der Waals surface area contributed by atoms with E-state index in [1.165, 1.54) is 13.3 Å². The molecule has 0 aliphatic heterocycles. The first-order valence-electron chi connectivity index (χ1n) is 6.85. The molecule has 0 saturated heterocycles. The number of nitrogens with one attached hydrogen (secondary N) is 2. The Balaban J connectivity index is 1.92. The van der Waals surface area contributed by atoms with Crippen LogP contribution >= 0.6 is 15.9 Å². The van der Waals surface area contributed by atoms with E-state index >= 15 is 0 Å². The maximum atomic E-state index is 12.1. The topological polar surface area (TPSA) is 85.4 Å². The first kappa shape index (κ1) is 17.0. The van der Waals surface area contributed by atoms with Gasteiger partial charge in [-0.15, -0.1) is 0 Å². The molecule has 122 valence electrons. The zero-order chi connectivity index (χ0) is 16.8. The smallest absolute Gasteiger partial charge is 0.279 e. The number of hydrogen-bond donors (Lipinski definition) is 2. The number of hydrazine groups is 1. The van der Waals surface area contributed by atoms with Crippen molar-refractivity contribution in [3.63, 3.8) is 0 Å². The van der Waals surface area contributed by atoms with Crippen LogP contribution in [0.15, 0.2) is 34.9 Å². The SMILES string of the molecule is COc1ccnc(NNC(=O)C(C)Oc2ccc(C)cc2Br)n1. The molecule has 8 heteroatoms. The summed E-state index contributed by atoms with van der Waals surface area (Å²) in [6.45, 7) is 3.62. The number of anilines is 1. The van der Waals surface area contributed by atoms with Crippen molar-refractivity contribution in [2.75, 3.05) is 12.5 Å². The van der Waals surface area contributed by atoms with Gasteiger partial charge in [0.25, 0.3) is 5.91 Å². The Morgan fingerprint density at radius 1 is 1.35 bits per heavy atom. The van der Waals surface area contributed by atoms with Crippen LogP contribution in [0.4, 0.5) is 5.95 Å². The molecule has 1 atom stereocenters. The molecule has 1 unspecified atom stereocenters. The third kappa shape index (κ3) is 4.82. The van der Waals surface area contributed by atoms with Gasteiger partial charge >= 0.3 is 0 Å². The van der Waals surface area contributed by atoms with Crippen molar-refractivity contribution in [2.45, 2.75) is 20.0 Å². The second-order valence-corrected chi connectivity index (χ2v) is 5.59. The van der Waals surface area contributed by atoms with Crippen molar-refractivity contribution in [1.82, 2.24) is 15.4 Å². The lowest BCUT2D eigenvalue weighted by atomic mass is 10.2. The standard InChI is InChI=1S/C15H17BrN4O3/c1-9-4-5-12(11(16)8-9)23-10(2)14(21)19-20-15-17-7-6-13(18-15)22-3/h4-8,10H,1-3H3,(H,19,21)(H,17,18,20). The van der Waals surface area contributed by atoms with E-state index in [2.05, 4.69) is 36.7 Å². The van der Waals surface area contributed by atoms with Crippen molar-refractivity contribution in [1.29, 1.82) is 0 Å². The van der Waals surface area contributed by atoms with Crippen LogP contribution in [0.2, 0.25) is 0 Å². The fourth-order valence-corrected chi connectivity index (χ4v) is 2.27. The van der Waals surface area contributed by atoms with Gasteiger partial charge in [0.15, 0.2) is 6.10 Å². The van der Waals surface area contributed by atoms with Gasteiger partial charge in [0.05, 0.1) is 11.6 Å². The second-order valence-electron chi connectivity index (χ2n) is 4.73. The van der Waals surface area contributed by atoms with E-state index in [4.69, 9.17) is 9.47 Å². The Bertz CT molecular complexity index is 696. The maximum Gasteiger partial charge on any atom is 0.279 e. The number of hydrogen-bond acceptors (Lipinski definition) is 6. The number of halogens is 1. The van der Waals surface area contributed by atoms with E-state index in [1.54, 1.807) is 13.0 Å². The van der Waals surface area contributed by atoms with Crippen LogP contribution < -0.4 is 20.3 Å². The molecule has 0 fully saturated rings. The average molecular weight is 381 g/mol. The summed E-state index contributed by atoms with van der Waals surface area (Å²) in [5.74, 6) is 0.853. The van der Waals surface area contributed by atoms with Crippen LogP contribution in [0.25, 0.3) is 0 Å². The molecule has 1 aromatic carbocycles. The zero-order valence-corrected chi connectivity index (χ0v) is 14.5. The van der Waals surface area contributed by atoms with Crippen molar-refractivity contribution < 1.29 is 14.3 Å². The lowest BCUT2D eigenvalue weighted by Gasteiger charge is -2.16. The largest absolute Gasteiger partial charge is 0.481 e.